The van der Waals surface area contributed by atoms with Gasteiger partial charge in [0.1, 0.15) is 0 Å². The van der Waals surface area contributed by atoms with Crippen LogP contribution in [0.2, 0.25) is 10.0 Å². The number of rotatable bonds is 5. The molecular weight excluding hydrogens is 377 g/mol. The Morgan fingerprint density at radius 1 is 1.04 bits per heavy atom. The summed E-state index contributed by atoms with van der Waals surface area (Å²) in [6.45, 7) is 1.28. The minimum atomic E-state index is -0.0938. The van der Waals surface area contributed by atoms with Crippen molar-refractivity contribution >= 4 is 55.8 Å². The number of carbonyl (C=O) groups excluding carboxylic acids is 1. The Morgan fingerprint density at radius 2 is 1.72 bits per heavy atom. The lowest BCUT2D eigenvalue weighted by molar-refractivity contribution is 0.0985. The third-order valence-corrected chi connectivity index (χ3v) is 5.21. The second-order valence-corrected chi connectivity index (χ2v) is 7.76. The lowest BCUT2D eigenvalue weighted by Crippen LogP contribution is -2.36. The van der Waals surface area contributed by atoms with Crippen molar-refractivity contribution in [2.24, 2.45) is 0 Å². The monoisotopic (exact) mass is 393 g/mol. The highest BCUT2D eigenvalue weighted by molar-refractivity contribution is 7.22. The van der Waals surface area contributed by atoms with Crippen LogP contribution in [0, 0.1) is 0 Å². The third kappa shape index (κ3) is 4.30. The number of hydrogen-bond acceptors (Lipinski definition) is 4. The number of amides is 1. The number of thiazole rings is 1. The van der Waals surface area contributed by atoms with Crippen LogP contribution in [0.15, 0.2) is 42.5 Å². The number of carbonyl (C=O) groups is 1. The van der Waals surface area contributed by atoms with Crippen LogP contribution >= 0.6 is 34.5 Å². The van der Waals surface area contributed by atoms with Gasteiger partial charge in [0.25, 0.3) is 5.91 Å². The molecular formula is C18H17Cl2N3OS. The number of nitrogens with zero attached hydrogens (tertiary/aromatic N) is 3. The zero-order chi connectivity index (χ0) is 18.0. The Balaban J connectivity index is 1.97. The molecule has 1 amide bonds. The van der Waals surface area contributed by atoms with E-state index in [9.17, 15) is 4.79 Å². The van der Waals surface area contributed by atoms with Gasteiger partial charge < -0.3 is 4.90 Å². The van der Waals surface area contributed by atoms with E-state index in [-0.39, 0.29) is 5.91 Å². The van der Waals surface area contributed by atoms with Gasteiger partial charge in [0, 0.05) is 28.7 Å². The molecule has 3 aromatic rings. The van der Waals surface area contributed by atoms with Crippen molar-refractivity contribution in [2.45, 2.75) is 0 Å². The van der Waals surface area contributed by atoms with E-state index < -0.39 is 0 Å². The fourth-order valence-electron chi connectivity index (χ4n) is 2.33. The summed E-state index contributed by atoms with van der Waals surface area (Å²) < 4.78 is 0.959. The predicted octanol–water partition coefficient (Wildman–Crippen LogP) is 4.81. The summed E-state index contributed by atoms with van der Waals surface area (Å²) >= 11 is 13.5. The molecule has 0 aliphatic rings. The number of likely N-dealkylation sites (N-methyl/N-ethyl adjacent to an activating group) is 1. The molecule has 0 aliphatic carbocycles. The Labute approximate surface area is 160 Å². The van der Waals surface area contributed by atoms with E-state index in [4.69, 9.17) is 23.2 Å². The molecule has 4 nitrogen and oxygen atoms in total. The molecule has 2 aromatic carbocycles. The highest BCUT2D eigenvalue weighted by Crippen LogP contribution is 2.31. The van der Waals surface area contributed by atoms with E-state index in [0.717, 1.165) is 16.8 Å². The van der Waals surface area contributed by atoms with Gasteiger partial charge in [-0.1, -0.05) is 34.5 Å². The highest BCUT2D eigenvalue weighted by Gasteiger charge is 2.21. The van der Waals surface area contributed by atoms with Crippen LogP contribution in [0.3, 0.4) is 0 Å². The van der Waals surface area contributed by atoms with E-state index in [0.29, 0.717) is 27.3 Å². The summed E-state index contributed by atoms with van der Waals surface area (Å²) in [5, 5.41) is 1.93. The molecule has 0 bridgehead atoms. The molecule has 1 aromatic heterocycles. The second-order valence-electron chi connectivity index (χ2n) is 5.88. The SMILES string of the molecule is CN(C)CCN(C(=O)c1ccc(Cl)cc1)c1nc2ccc(Cl)cc2s1. The second kappa shape index (κ2) is 7.70. The molecule has 7 heteroatoms. The fraction of sp³-hybridized carbons (Fsp3) is 0.222. The Hall–Kier alpha value is -1.66. The number of benzene rings is 2. The van der Waals surface area contributed by atoms with Crippen LogP contribution < -0.4 is 4.90 Å². The molecule has 0 radical (unpaired) electrons. The molecule has 25 heavy (non-hydrogen) atoms. The molecule has 0 N–H and O–H groups in total. The first-order chi connectivity index (χ1) is 11.9. The molecule has 1 heterocycles. The minimum Gasteiger partial charge on any atom is -0.308 e. The van der Waals surface area contributed by atoms with Crippen LogP contribution in [-0.2, 0) is 0 Å². The molecule has 130 valence electrons. The normalized spacial score (nSPS) is 11.2. The van der Waals surface area contributed by atoms with Crippen LogP contribution in [-0.4, -0.2) is 43.0 Å². The largest absolute Gasteiger partial charge is 0.308 e. The van der Waals surface area contributed by atoms with E-state index in [1.165, 1.54) is 11.3 Å². The van der Waals surface area contributed by atoms with Gasteiger partial charge in [0.15, 0.2) is 5.13 Å². The van der Waals surface area contributed by atoms with Gasteiger partial charge in [-0.25, -0.2) is 4.98 Å². The average Bonchev–Trinajstić information content (AvgIpc) is 2.98. The van der Waals surface area contributed by atoms with Gasteiger partial charge in [0.05, 0.1) is 10.2 Å². The van der Waals surface area contributed by atoms with Crippen LogP contribution in [0.25, 0.3) is 10.2 Å². The predicted molar refractivity (Wildman–Crippen MR) is 106 cm³/mol. The molecule has 0 saturated heterocycles. The average molecular weight is 394 g/mol. The molecule has 0 spiro atoms. The van der Waals surface area contributed by atoms with Crippen molar-refractivity contribution in [2.75, 3.05) is 32.1 Å². The van der Waals surface area contributed by atoms with Crippen molar-refractivity contribution in [1.82, 2.24) is 9.88 Å². The minimum absolute atomic E-state index is 0.0938. The molecule has 0 unspecified atom stereocenters. The van der Waals surface area contributed by atoms with Crippen molar-refractivity contribution in [1.29, 1.82) is 0 Å². The van der Waals surface area contributed by atoms with E-state index >= 15 is 0 Å². The first-order valence-electron chi connectivity index (χ1n) is 7.72. The lowest BCUT2D eigenvalue weighted by atomic mass is 10.2. The standard InChI is InChI=1S/C18H17Cl2N3OS/c1-22(2)9-10-23(17(24)12-3-5-13(19)6-4-12)18-21-15-8-7-14(20)11-16(15)25-18/h3-8,11H,9-10H2,1-2H3. The maximum Gasteiger partial charge on any atom is 0.260 e. The number of hydrogen-bond donors (Lipinski definition) is 0. The number of anilines is 1. The Kier molecular flexibility index (Phi) is 5.59. The molecule has 0 aliphatic heterocycles. The summed E-state index contributed by atoms with van der Waals surface area (Å²) in [5.74, 6) is -0.0938. The Morgan fingerprint density at radius 3 is 2.40 bits per heavy atom. The number of fused-ring (bicyclic) bond motifs is 1. The van der Waals surface area contributed by atoms with Crippen LogP contribution in [0.4, 0.5) is 5.13 Å². The lowest BCUT2D eigenvalue weighted by Gasteiger charge is -2.22. The topological polar surface area (TPSA) is 36.4 Å². The molecule has 0 saturated carbocycles. The first-order valence-corrected chi connectivity index (χ1v) is 9.29. The van der Waals surface area contributed by atoms with Crippen LogP contribution in [0.1, 0.15) is 10.4 Å². The zero-order valence-corrected chi connectivity index (χ0v) is 16.2. The summed E-state index contributed by atoms with van der Waals surface area (Å²) in [4.78, 5) is 21.4. The van der Waals surface area contributed by atoms with Crippen molar-refractivity contribution < 1.29 is 4.79 Å². The Bertz CT molecular complexity index is 893. The molecule has 0 atom stereocenters. The first kappa shape index (κ1) is 18.1. The number of aromatic nitrogens is 1. The van der Waals surface area contributed by atoms with E-state index in [2.05, 4.69) is 4.98 Å². The van der Waals surface area contributed by atoms with Gasteiger partial charge >= 0.3 is 0 Å². The maximum atomic E-state index is 13.0. The smallest absolute Gasteiger partial charge is 0.260 e. The summed E-state index contributed by atoms with van der Waals surface area (Å²) in [6, 6.07) is 12.4. The molecule has 3 rings (SSSR count). The van der Waals surface area contributed by atoms with Gasteiger partial charge in [-0.15, -0.1) is 0 Å². The molecule has 0 fully saturated rings. The van der Waals surface area contributed by atoms with Gasteiger partial charge in [-0.3, -0.25) is 9.69 Å². The van der Waals surface area contributed by atoms with E-state index in [1.54, 1.807) is 35.2 Å². The van der Waals surface area contributed by atoms with Gasteiger partial charge in [-0.2, -0.15) is 0 Å². The summed E-state index contributed by atoms with van der Waals surface area (Å²) in [7, 11) is 3.95. The number of halogens is 2. The van der Waals surface area contributed by atoms with Crippen molar-refractivity contribution in [3.05, 3.63) is 58.1 Å². The fourth-order valence-corrected chi connectivity index (χ4v) is 3.73. The maximum absolute atomic E-state index is 13.0. The van der Waals surface area contributed by atoms with E-state index in [1.807, 2.05) is 31.1 Å². The quantitative estimate of drug-likeness (QED) is 0.623. The zero-order valence-electron chi connectivity index (χ0n) is 13.9. The third-order valence-electron chi connectivity index (χ3n) is 3.68. The summed E-state index contributed by atoms with van der Waals surface area (Å²) in [6.07, 6.45) is 0. The van der Waals surface area contributed by atoms with Crippen LogP contribution in [0.5, 0.6) is 0 Å². The highest BCUT2D eigenvalue weighted by atomic mass is 35.5. The summed E-state index contributed by atoms with van der Waals surface area (Å²) in [5.41, 5.74) is 1.42. The van der Waals surface area contributed by atoms with Crippen molar-refractivity contribution in [3.8, 4) is 0 Å². The van der Waals surface area contributed by atoms with Gasteiger partial charge in [0.2, 0.25) is 0 Å². The van der Waals surface area contributed by atoms with Gasteiger partial charge in [-0.05, 0) is 56.6 Å². The van der Waals surface area contributed by atoms with Crippen molar-refractivity contribution in [3.63, 3.8) is 0 Å².